The van der Waals surface area contributed by atoms with Gasteiger partial charge >= 0.3 is 6.18 Å². The molecule has 1 aromatic carbocycles. The Morgan fingerprint density at radius 3 is 2.73 bits per heavy atom. The van der Waals surface area contributed by atoms with Crippen LogP contribution in [0, 0.1) is 12.8 Å². The van der Waals surface area contributed by atoms with Crippen molar-refractivity contribution in [3.8, 4) is 5.69 Å². The molecule has 0 spiro atoms. The Morgan fingerprint density at radius 1 is 1.31 bits per heavy atom. The average molecular weight is 431 g/mol. The molecule has 1 heterocycles. The number of amides is 1. The SMILES string of the molecule is Cc1c(C(=O)NC2CCCCC2C(F)(F)F)nnn1-c1cccc(Br)c1. The smallest absolute Gasteiger partial charge is 0.347 e. The molecule has 26 heavy (non-hydrogen) atoms. The predicted octanol–water partition coefficient (Wildman–Crippen LogP) is 4.19. The molecule has 2 aromatic rings. The number of halogens is 4. The van der Waals surface area contributed by atoms with Gasteiger partial charge < -0.3 is 5.32 Å². The fourth-order valence-corrected chi connectivity index (χ4v) is 3.71. The standard InChI is InChI=1S/C17H18BrF3N4O/c1-10-15(23-24-25(10)12-6-4-5-11(18)9-12)16(26)22-14-8-3-2-7-13(14)17(19,20)21/h4-6,9,13-14H,2-3,7-8H2,1H3,(H,22,26). The molecular formula is C17H18BrF3N4O. The largest absolute Gasteiger partial charge is 0.393 e. The maximum absolute atomic E-state index is 13.2. The van der Waals surface area contributed by atoms with Gasteiger partial charge in [-0.15, -0.1) is 5.10 Å². The number of aromatic nitrogens is 3. The average Bonchev–Trinajstić information content (AvgIpc) is 2.96. The Morgan fingerprint density at radius 2 is 2.04 bits per heavy atom. The molecular weight excluding hydrogens is 413 g/mol. The molecule has 0 radical (unpaired) electrons. The molecule has 1 N–H and O–H groups in total. The second-order valence-electron chi connectivity index (χ2n) is 6.43. The van der Waals surface area contributed by atoms with E-state index in [1.165, 1.54) is 4.68 Å². The number of carbonyl (C=O) groups is 1. The maximum atomic E-state index is 13.2. The zero-order chi connectivity index (χ0) is 18.9. The summed E-state index contributed by atoms with van der Waals surface area (Å²) in [7, 11) is 0. The summed E-state index contributed by atoms with van der Waals surface area (Å²) < 4.78 is 41.9. The lowest BCUT2D eigenvalue weighted by Crippen LogP contribution is -2.47. The van der Waals surface area contributed by atoms with Gasteiger partial charge in [-0.05, 0) is 38.0 Å². The Bertz CT molecular complexity index is 806. The monoisotopic (exact) mass is 430 g/mol. The third-order valence-electron chi connectivity index (χ3n) is 4.67. The van der Waals surface area contributed by atoms with Crippen molar-refractivity contribution < 1.29 is 18.0 Å². The van der Waals surface area contributed by atoms with Crippen molar-refractivity contribution >= 4 is 21.8 Å². The van der Waals surface area contributed by atoms with Crippen LogP contribution in [0.3, 0.4) is 0 Å². The van der Waals surface area contributed by atoms with Crippen molar-refractivity contribution in [3.63, 3.8) is 0 Å². The molecule has 3 rings (SSSR count). The van der Waals surface area contributed by atoms with E-state index in [0.717, 1.165) is 4.47 Å². The van der Waals surface area contributed by atoms with Gasteiger partial charge in [-0.3, -0.25) is 4.79 Å². The second-order valence-corrected chi connectivity index (χ2v) is 7.34. The molecule has 1 fully saturated rings. The molecule has 1 aromatic heterocycles. The molecule has 140 valence electrons. The van der Waals surface area contributed by atoms with Gasteiger partial charge in [0.15, 0.2) is 5.69 Å². The molecule has 0 saturated heterocycles. The van der Waals surface area contributed by atoms with Gasteiger partial charge in [0.1, 0.15) is 0 Å². The summed E-state index contributed by atoms with van der Waals surface area (Å²) in [5.74, 6) is -2.13. The molecule has 0 aliphatic heterocycles. The fraction of sp³-hybridized carbons (Fsp3) is 0.471. The Kier molecular flexibility index (Phi) is 5.36. The van der Waals surface area contributed by atoms with E-state index in [1.807, 2.05) is 18.2 Å². The van der Waals surface area contributed by atoms with E-state index in [-0.39, 0.29) is 12.1 Å². The van der Waals surface area contributed by atoms with Crippen LogP contribution in [0.15, 0.2) is 28.7 Å². The molecule has 1 saturated carbocycles. The summed E-state index contributed by atoms with van der Waals surface area (Å²) >= 11 is 3.36. The van der Waals surface area contributed by atoms with Crippen LogP contribution in [0.4, 0.5) is 13.2 Å². The van der Waals surface area contributed by atoms with Crippen molar-refractivity contribution in [1.82, 2.24) is 20.3 Å². The number of rotatable bonds is 3. The third-order valence-corrected chi connectivity index (χ3v) is 5.16. The van der Waals surface area contributed by atoms with Gasteiger partial charge in [-0.2, -0.15) is 13.2 Å². The summed E-state index contributed by atoms with van der Waals surface area (Å²) in [5.41, 5.74) is 1.21. The Hall–Kier alpha value is -1.90. The molecule has 9 heteroatoms. The van der Waals surface area contributed by atoms with Crippen molar-refractivity contribution in [2.75, 3.05) is 0 Å². The predicted molar refractivity (Wildman–Crippen MR) is 93.1 cm³/mol. The first-order valence-electron chi connectivity index (χ1n) is 8.33. The molecule has 1 amide bonds. The highest BCUT2D eigenvalue weighted by Gasteiger charge is 2.46. The molecule has 1 aliphatic rings. The minimum atomic E-state index is -4.32. The minimum absolute atomic E-state index is 0.0384. The zero-order valence-corrected chi connectivity index (χ0v) is 15.6. The van der Waals surface area contributed by atoms with Gasteiger partial charge in [0.05, 0.1) is 17.3 Å². The molecule has 5 nitrogen and oxygen atoms in total. The number of alkyl halides is 3. The number of hydrogen-bond donors (Lipinski definition) is 1. The second kappa shape index (κ2) is 7.38. The third kappa shape index (κ3) is 3.92. The van der Waals surface area contributed by atoms with Crippen LogP contribution in [-0.4, -0.2) is 33.1 Å². The van der Waals surface area contributed by atoms with E-state index < -0.39 is 24.0 Å². The van der Waals surface area contributed by atoms with Crippen LogP contribution < -0.4 is 5.32 Å². The lowest BCUT2D eigenvalue weighted by atomic mass is 9.84. The van der Waals surface area contributed by atoms with Crippen molar-refractivity contribution in [2.45, 2.75) is 44.8 Å². The molecule has 2 atom stereocenters. The highest BCUT2D eigenvalue weighted by atomic mass is 79.9. The van der Waals surface area contributed by atoms with Gasteiger partial charge in [-0.1, -0.05) is 40.1 Å². The van der Waals surface area contributed by atoms with E-state index in [9.17, 15) is 18.0 Å². The van der Waals surface area contributed by atoms with Gasteiger partial charge in [-0.25, -0.2) is 4.68 Å². The zero-order valence-electron chi connectivity index (χ0n) is 14.1. The van der Waals surface area contributed by atoms with Crippen molar-refractivity contribution in [2.24, 2.45) is 5.92 Å². The summed E-state index contributed by atoms with van der Waals surface area (Å²) in [6.07, 6.45) is -2.77. The quantitative estimate of drug-likeness (QED) is 0.793. The molecule has 0 bridgehead atoms. The highest BCUT2D eigenvalue weighted by Crippen LogP contribution is 2.37. The summed E-state index contributed by atoms with van der Waals surface area (Å²) in [5, 5.41) is 10.4. The van der Waals surface area contributed by atoms with E-state index >= 15 is 0 Å². The first-order valence-corrected chi connectivity index (χ1v) is 9.12. The lowest BCUT2D eigenvalue weighted by molar-refractivity contribution is -0.187. The number of carbonyl (C=O) groups excluding carboxylic acids is 1. The van der Waals surface area contributed by atoms with Crippen LogP contribution >= 0.6 is 15.9 Å². The van der Waals surface area contributed by atoms with Gasteiger partial charge in [0.2, 0.25) is 0 Å². The molecule has 1 aliphatic carbocycles. The van der Waals surface area contributed by atoms with Crippen LogP contribution in [0.1, 0.15) is 41.9 Å². The number of hydrogen-bond acceptors (Lipinski definition) is 3. The van der Waals surface area contributed by atoms with E-state index in [4.69, 9.17) is 0 Å². The first kappa shape index (κ1) is 18.9. The fourth-order valence-electron chi connectivity index (χ4n) is 3.32. The first-order chi connectivity index (χ1) is 12.3. The van der Waals surface area contributed by atoms with Crippen molar-refractivity contribution in [1.29, 1.82) is 0 Å². The maximum Gasteiger partial charge on any atom is 0.393 e. The number of nitrogens with one attached hydrogen (secondary N) is 1. The summed E-state index contributed by atoms with van der Waals surface area (Å²) in [6, 6.07) is 6.35. The Balaban J connectivity index is 1.80. The normalized spacial score (nSPS) is 20.8. The highest BCUT2D eigenvalue weighted by molar-refractivity contribution is 9.10. The Labute approximate surface area is 157 Å². The van der Waals surface area contributed by atoms with Crippen LogP contribution in [0.25, 0.3) is 5.69 Å². The molecule has 2 unspecified atom stereocenters. The number of nitrogens with zero attached hydrogens (tertiary/aromatic N) is 3. The van der Waals surface area contributed by atoms with Crippen molar-refractivity contribution in [3.05, 3.63) is 40.1 Å². The van der Waals surface area contributed by atoms with E-state index in [0.29, 0.717) is 30.6 Å². The number of benzene rings is 1. The van der Waals surface area contributed by atoms with Gasteiger partial charge in [0, 0.05) is 10.5 Å². The topological polar surface area (TPSA) is 59.8 Å². The van der Waals surface area contributed by atoms with Crippen LogP contribution in [-0.2, 0) is 0 Å². The summed E-state index contributed by atoms with van der Waals surface area (Å²) in [6.45, 7) is 1.66. The van der Waals surface area contributed by atoms with Gasteiger partial charge in [0.25, 0.3) is 5.91 Å². The van der Waals surface area contributed by atoms with Crippen LogP contribution in [0.5, 0.6) is 0 Å². The van der Waals surface area contributed by atoms with E-state index in [1.54, 1.807) is 13.0 Å². The summed E-state index contributed by atoms with van der Waals surface area (Å²) in [4.78, 5) is 12.5. The lowest BCUT2D eigenvalue weighted by Gasteiger charge is -2.33. The van der Waals surface area contributed by atoms with E-state index in [2.05, 4.69) is 31.6 Å². The minimum Gasteiger partial charge on any atom is -0.347 e. The van der Waals surface area contributed by atoms with Crippen LogP contribution in [0.2, 0.25) is 0 Å².